The van der Waals surface area contributed by atoms with Gasteiger partial charge in [0.05, 0.1) is 28.8 Å². The van der Waals surface area contributed by atoms with Gasteiger partial charge in [-0.1, -0.05) is 53.7 Å². The van der Waals surface area contributed by atoms with E-state index in [0.717, 1.165) is 25.0 Å². The summed E-state index contributed by atoms with van der Waals surface area (Å²) in [5.41, 5.74) is 2.36. The van der Waals surface area contributed by atoms with Gasteiger partial charge in [-0.2, -0.15) is 0 Å². The summed E-state index contributed by atoms with van der Waals surface area (Å²) in [5.74, 6) is 0.0288. The molecule has 0 N–H and O–H groups in total. The largest absolute Gasteiger partial charge is 0.376 e. The first-order chi connectivity index (χ1) is 14.0. The fraction of sp³-hybridized carbons (Fsp3) is 0.348. The number of Topliss-reactive ketones (excluding diaryl/α,β-unsaturated/α-hetero) is 1. The molecule has 1 aromatic heterocycles. The summed E-state index contributed by atoms with van der Waals surface area (Å²) in [7, 11) is 0. The van der Waals surface area contributed by atoms with E-state index >= 15 is 0 Å². The van der Waals surface area contributed by atoms with Crippen molar-refractivity contribution in [3.8, 4) is 0 Å². The average molecular weight is 409 g/mol. The molecule has 150 valence electrons. The molecule has 1 aliphatic heterocycles. The number of benzene rings is 2. The maximum Gasteiger partial charge on any atom is 0.262 e. The Balaban J connectivity index is 1.68. The van der Waals surface area contributed by atoms with E-state index in [1.54, 1.807) is 10.6 Å². The van der Waals surface area contributed by atoms with Crippen LogP contribution in [0.2, 0.25) is 0 Å². The lowest BCUT2D eigenvalue weighted by atomic mass is 10.1. The second-order valence-electron chi connectivity index (χ2n) is 7.45. The maximum atomic E-state index is 13.2. The Hall–Kier alpha value is -2.44. The predicted molar refractivity (Wildman–Crippen MR) is 116 cm³/mol. The quantitative estimate of drug-likeness (QED) is 0.347. The molecule has 0 spiro atoms. The molecule has 2 aromatic carbocycles. The number of aryl methyl sites for hydroxylation is 1. The van der Waals surface area contributed by atoms with E-state index in [2.05, 4.69) is 0 Å². The van der Waals surface area contributed by atoms with Crippen LogP contribution >= 0.6 is 11.8 Å². The van der Waals surface area contributed by atoms with Crippen LogP contribution in [0.4, 0.5) is 0 Å². The van der Waals surface area contributed by atoms with Gasteiger partial charge < -0.3 is 4.74 Å². The Bertz CT molecular complexity index is 1090. The van der Waals surface area contributed by atoms with Gasteiger partial charge in [0.25, 0.3) is 5.56 Å². The number of aromatic nitrogens is 2. The minimum absolute atomic E-state index is 0.0121. The van der Waals surface area contributed by atoms with E-state index < -0.39 is 0 Å². The molecule has 4 rings (SSSR count). The fourth-order valence-electron chi connectivity index (χ4n) is 3.55. The molecule has 0 aliphatic carbocycles. The summed E-state index contributed by atoms with van der Waals surface area (Å²) < 4.78 is 7.43. The first-order valence-electron chi connectivity index (χ1n) is 9.91. The summed E-state index contributed by atoms with van der Waals surface area (Å²) in [5, 5.41) is 0.797. The topological polar surface area (TPSA) is 61.2 Å². The molecule has 29 heavy (non-hydrogen) atoms. The van der Waals surface area contributed by atoms with Crippen LogP contribution in [0.15, 0.2) is 58.5 Å². The lowest BCUT2D eigenvalue weighted by Crippen LogP contribution is -2.29. The van der Waals surface area contributed by atoms with Crippen LogP contribution in [0.25, 0.3) is 10.9 Å². The molecule has 2 heterocycles. The molecule has 3 aromatic rings. The van der Waals surface area contributed by atoms with Crippen molar-refractivity contribution in [2.45, 2.75) is 49.7 Å². The maximum absolute atomic E-state index is 13.2. The molecule has 0 unspecified atom stereocenters. The number of carbonyl (C=O) groups excluding carboxylic acids is 1. The van der Waals surface area contributed by atoms with E-state index in [9.17, 15) is 9.59 Å². The Labute approximate surface area is 174 Å². The van der Waals surface area contributed by atoms with Gasteiger partial charge in [0, 0.05) is 12.2 Å². The van der Waals surface area contributed by atoms with Crippen LogP contribution in [0, 0.1) is 6.92 Å². The Morgan fingerprint density at radius 3 is 2.72 bits per heavy atom. The van der Waals surface area contributed by atoms with E-state index in [1.807, 2.05) is 56.3 Å². The average Bonchev–Trinajstić information content (AvgIpc) is 3.24. The van der Waals surface area contributed by atoms with Crippen molar-refractivity contribution in [3.05, 3.63) is 70.0 Å². The number of ketones is 1. The molecular formula is C23H24N2O3S. The van der Waals surface area contributed by atoms with Crippen LogP contribution in [0.5, 0.6) is 0 Å². The fourth-order valence-corrected chi connectivity index (χ4v) is 4.55. The summed E-state index contributed by atoms with van der Waals surface area (Å²) in [6.45, 7) is 5.05. The molecular weight excluding hydrogens is 384 g/mol. The van der Waals surface area contributed by atoms with Crippen molar-refractivity contribution in [3.63, 3.8) is 0 Å². The monoisotopic (exact) mass is 408 g/mol. The van der Waals surface area contributed by atoms with Crippen molar-refractivity contribution in [1.29, 1.82) is 0 Å². The molecule has 0 radical (unpaired) electrons. The highest BCUT2D eigenvalue weighted by molar-refractivity contribution is 8.00. The van der Waals surface area contributed by atoms with Crippen molar-refractivity contribution in [1.82, 2.24) is 9.55 Å². The van der Waals surface area contributed by atoms with Gasteiger partial charge in [0.15, 0.2) is 10.9 Å². The van der Waals surface area contributed by atoms with Gasteiger partial charge in [-0.25, -0.2) is 4.98 Å². The van der Waals surface area contributed by atoms with Crippen LogP contribution in [-0.4, -0.2) is 33.3 Å². The molecule has 0 saturated carbocycles. The minimum Gasteiger partial charge on any atom is -0.376 e. The van der Waals surface area contributed by atoms with Crippen LogP contribution < -0.4 is 5.56 Å². The number of ether oxygens (including phenoxy) is 1. The third-order valence-electron chi connectivity index (χ3n) is 5.22. The number of nitrogens with zero attached hydrogens (tertiary/aromatic N) is 2. The molecule has 1 aliphatic rings. The zero-order valence-electron chi connectivity index (χ0n) is 16.6. The lowest BCUT2D eigenvalue weighted by Gasteiger charge is -2.18. The summed E-state index contributed by atoms with van der Waals surface area (Å²) in [6.07, 6.45) is 1.95. The van der Waals surface area contributed by atoms with Gasteiger partial charge in [-0.15, -0.1) is 0 Å². The zero-order chi connectivity index (χ0) is 20.4. The second kappa shape index (κ2) is 8.51. The number of hydrogen-bond acceptors (Lipinski definition) is 5. The highest BCUT2D eigenvalue weighted by Gasteiger charge is 2.23. The van der Waals surface area contributed by atoms with Crippen LogP contribution in [0.1, 0.15) is 35.7 Å². The van der Waals surface area contributed by atoms with Gasteiger partial charge in [0.2, 0.25) is 0 Å². The van der Waals surface area contributed by atoms with E-state index in [1.165, 1.54) is 11.8 Å². The zero-order valence-corrected chi connectivity index (χ0v) is 17.4. The Morgan fingerprint density at radius 1 is 1.24 bits per heavy atom. The highest BCUT2D eigenvalue weighted by Crippen LogP contribution is 2.26. The second-order valence-corrected chi connectivity index (χ2v) is 8.76. The summed E-state index contributed by atoms with van der Waals surface area (Å²) >= 11 is 1.34. The summed E-state index contributed by atoms with van der Waals surface area (Å²) in [6, 6.07) is 14.9. The molecule has 5 nitrogen and oxygen atoms in total. The van der Waals surface area contributed by atoms with Gasteiger partial charge in [-0.3, -0.25) is 14.2 Å². The predicted octanol–water partition coefficient (Wildman–Crippen LogP) is 4.25. The lowest BCUT2D eigenvalue weighted by molar-refractivity contribution is 0.0937. The van der Waals surface area contributed by atoms with Crippen molar-refractivity contribution >= 4 is 28.4 Å². The van der Waals surface area contributed by atoms with Gasteiger partial charge in [0.1, 0.15) is 0 Å². The number of para-hydroxylation sites is 1. The molecule has 0 bridgehead atoms. The van der Waals surface area contributed by atoms with Crippen LogP contribution in [-0.2, 0) is 11.3 Å². The Morgan fingerprint density at radius 2 is 2.00 bits per heavy atom. The third-order valence-corrected chi connectivity index (χ3v) is 6.31. The van der Waals surface area contributed by atoms with E-state index in [4.69, 9.17) is 9.72 Å². The number of fused-ring (bicyclic) bond motifs is 1. The van der Waals surface area contributed by atoms with Crippen LogP contribution in [0.3, 0.4) is 0 Å². The minimum atomic E-state index is -0.360. The first-order valence-corrected chi connectivity index (χ1v) is 10.8. The first kappa shape index (κ1) is 19.9. The number of hydrogen-bond donors (Lipinski definition) is 0. The molecule has 1 fully saturated rings. The Kier molecular flexibility index (Phi) is 5.83. The number of thioether (sulfide) groups is 1. The van der Waals surface area contributed by atoms with Gasteiger partial charge >= 0.3 is 0 Å². The van der Waals surface area contributed by atoms with E-state index in [-0.39, 0.29) is 22.7 Å². The normalized spacial score (nSPS) is 17.5. The molecule has 0 amide bonds. The third kappa shape index (κ3) is 4.28. The molecule has 6 heteroatoms. The number of carbonyl (C=O) groups is 1. The van der Waals surface area contributed by atoms with Crippen molar-refractivity contribution in [2.75, 3.05) is 6.61 Å². The number of rotatable bonds is 6. The highest BCUT2D eigenvalue weighted by atomic mass is 32.2. The smallest absolute Gasteiger partial charge is 0.262 e. The van der Waals surface area contributed by atoms with Gasteiger partial charge in [-0.05, 0) is 38.8 Å². The molecule has 2 atom stereocenters. The van der Waals surface area contributed by atoms with Crippen molar-refractivity contribution < 1.29 is 9.53 Å². The molecule has 1 saturated heterocycles. The standard InChI is InChI=1S/C23H24N2O3S/c1-15-9-11-17(12-10-15)21(26)16(2)29-23-24-20-8-4-3-7-19(20)22(27)25(23)14-18-6-5-13-28-18/h3-4,7-12,16,18H,5-6,13-14H2,1-2H3/t16-,18+/m0/s1. The van der Waals surface area contributed by atoms with E-state index in [0.29, 0.717) is 28.2 Å². The van der Waals surface area contributed by atoms with Crippen molar-refractivity contribution in [2.24, 2.45) is 0 Å². The SMILES string of the molecule is Cc1ccc(C(=O)[C@H](C)Sc2nc3ccccc3c(=O)n2C[C@H]2CCCO2)cc1. The summed E-state index contributed by atoms with van der Waals surface area (Å²) in [4.78, 5) is 30.8.